The fraction of sp³-hybridized carbons (Fsp3) is 0.645. The lowest BCUT2D eigenvalue weighted by Crippen LogP contribution is -2.45. The molecule has 16 heteroatoms. The Bertz CT molecular complexity index is 1440. The van der Waals surface area contributed by atoms with E-state index in [1.165, 1.54) is 12.1 Å². The summed E-state index contributed by atoms with van der Waals surface area (Å²) in [5, 5.41) is 4.25. The molecule has 2 saturated carbocycles. The lowest BCUT2D eigenvalue weighted by molar-refractivity contribution is -0.190. The average Bonchev–Trinajstić information content (AvgIpc) is 3.60. The summed E-state index contributed by atoms with van der Waals surface area (Å²) in [6, 6.07) is 3.78. The molecule has 1 amide bonds. The van der Waals surface area contributed by atoms with Crippen LogP contribution in [0.15, 0.2) is 24.4 Å². The summed E-state index contributed by atoms with van der Waals surface area (Å²) in [5.41, 5.74) is -5.15. The number of carbonyl (C=O) groups excluding carboxylic acids is 2. The van der Waals surface area contributed by atoms with Crippen LogP contribution < -0.4 is 0 Å². The van der Waals surface area contributed by atoms with Gasteiger partial charge in [-0.15, -0.1) is 0 Å². The van der Waals surface area contributed by atoms with Crippen molar-refractivity contribution in [3.8, 4) is 0 Å². The van der Waals surface area contributed by atoms with E-state index < -0.39 is 79.9 Å². The van der Waals surface area contributed by atoms with E-state index in [1.807, 2.05) is 19.6 Å². The number of aromatic nitrogens is 2. The molecule has 0 spiro atoms. The average molecular weight is 731 g/mol. The van der Waals surface area contributed by atoms with Gasteiger partial charge >= 0.3 is 18.3 Å². The number of amides is 1. The zero-order valence-corrected chi connectivity index (χ0v) is 29.3. The van der Waals surface area contributed by atoms with E-state index in [0.717, 1.165) is 15.8 Å². The number of benzene rings is 1. The van der Waals surface area contributed by atoms with Gasteiger partial charge in [-0.2, -0.15) is 31.4 Å². The molecule has 47 heavy (non-hydrogen) atoms. The van der Waals surface area contributed by atoms with Gasteiger partial charge in [0.25, 0.3) is 5.91 Å². The second-order valence-corrected chi connectivity index (χ2v) is 19.0. The molecule has 0 radical (unpaired) electrons. The molecule has 1 aromatic carbocycles. The van der Waals surface area contributed by atoms with E-state index in [0.29, 0.717) is 0 Å². The Morgan fingerprint density at radius 2 is 1.64 bits per heavy atom. The van der Waals surface area contributed by atoms with E-state index in [4.69, 9.17) is 32.4 Å². The minimum Gasteiger partial charge on any atom is -0.466 e. The van der Waals surface area contributed by atoms with Crippen molar-refractivity contribution in [2.45, 2.75) is 96.5 Å². The van der Waals surface area contributed by atoms with Crippen LogP contribution in [0.4, 0.5) is 26.3 Å². The van der Waals surface area contributed by atoms with Crippen LogP contribution in [0.3, 0.4) is 0 Å². The number of rotatable bonds is 11. The van der Waals surface area contributed by atoms with E-state index in [1.54, 1.807) is 19.9 Å². The highest BCUT2D eigenvalue weighted by Gasteiger charge is 2.64. The molecule has 1 aromatic heterocycles. The Kier molecular flexibility index (Phi) is 10.8. The van der Waals surface area contributed by atoms with Gasteiger partial charge in [0.15, 0.2) is 14.0 Å². The van der Waals surface area contributed by atoms with Crippen molar-refractivity contribution in [3.05, 3.63) is 51.3 Å². The van der Waals surface area contributed by atoms with Gasteiger partial charge in [0.05, 0.1) is 47.9 Å². The first-order valence-corrected chi connectivity index (χ1v) is 19.6. The first-order valence-electron chi connectivity index (χ1n) is 15.4. The second kappa shape index (κ2) is 13.5. The summed E-state index contributed by atoms with van der Waals surface area (Å²) in [5.74, 6) is -1.70. The topological polar surface area (TPSA) is 73.7 Å². The van der Waals surface area contributed by atoms with Gasteiger partial charge < -0.3 is 14.1 Å². The molecule has 0 bridgehead atoms. The van der Waals surface area contributed by atoms with Crippen molar-refractivity contribution in [2.24, 2.45) is 10.8 Å². The number of esters is 1. The fourth-order valence-corrected chi connectivity index (χ4v) is 7.83. The molecule has 2 aliphatic rings. The predicted molar refractivity (Wildman–Crippen MR) is 167 cm³/mol. The van der Waals surface area contributed by atoms with Gasteiger partial charge in [-0.1, -0.05) is 29.3 Å². The Hall–Kier alpha value is -2.29. The van der Waals surface area contributed by atoms with Gasteiger partial charge in [-0.25, -0.2) is 0 Å². The third kappa shape index (κ3) is 8.30. The summed E-state index contributed by atoms with van der Waals surface area (Å²) < 4.78 is 99.1. The van der Waals surface area contributed by atoms with Gasteiger partial charge in [-0.05, 0) is 84.1 Å². The number of hydrogen-bond acceptors (Lipinski definition) is 5. The standard InChI is InChI=1S/C31H39Cl2F6N3O4Si/c1-6-45-27(44)28(2)12-10-19(11-13-28)42-25(30(34,35)36)20(16-40-42)26(43)41(18-29(14-15-29)31(37,38)39)17-23(46-47(3,4)5)24-21(32)8-7-9-22(24)33/h7-9,16,19,23H,6,10-15,17-18H2,1-5H3/t19-,23?,28-. The van der Waals surface area contributed by atoms with Gasteiger partial charge in [0, 0.05) is 22.2 Å². The third-order valence-electron chi connectivity index (χ3n) is 8.91. The molecule has 2 aliphatic carbocycles. The van der Waals surface area contributed by atoms with Crippen LogP contribution in [-0.2, 0) is 20.1 Å². The molecular formula is C31H39Cl2F6N3O4Si. The summed E-state index contributed by atoms with van der Waals surface area (Å²) >= 11 is 12.9. The summed E-state index contributed by atoms with van der Waals surface area (Å²) in [7, 11) is -2.50. The lowest BCUT2D eigenvalue weighted by atomic mass is 9.74. The third-order valence-corrected chi connectivity index (χ3v) is 10.6. The molecule has 1 atom stereocenters. The highest BCUT2D eigenvalue weighted by atomic mass is 35.5. The highest BCUT2D eigenvalue weighted by Crippen LogP contribution is 2.58. The first kappa shape index (κ1) is 37.5. The van der Waals surface area contributed by atoms with Crippen LogP contribution >= 0.6 is 23.2 Å². The SMILES string of the molecule is CCOC(=O)[C@]1(C)CC[C@@H](n2ncc(C(=O)N(CC(O[Si](C)(C)C)c3c(Cl)cccc3Cl)CC3(C(F)(F)F)CC3)c2C(F)(F)F)CC1. The molecule has 4 rings (SSSR count). The van der Waals surface area contributed by atoms with Crippen LogP contribution in [0.2, 0.25) is 29.7 Å². The normalized spacial score (nSPS) is 22.1. The largest absolute Gasteiger partial charge is 0.466 e. The summed E-state index contributed by atoms with van der Waals surface area (Å²) in [4.78, 5) is 27.4. The van der Waals surface area contributed by atoms with E-state index in [9.17, 15) is 35.9 Å². The number of halogens is 8. The smallest absolute Gasteiger partial charge is 0.433 e. The zero-order valence-electron chi connectivity index (χ0n) is 26.8. The molecule has 7 nitrogen and oxygen atoms in total. The van der Waals surface area contributed by atoms with Crippen LogP contribution in [-0.4, -0.2) is 60.7 Å². The molecule has 0 N–H and O–H groups in total. The molecule has 1 heterocycles. The molecular weight excluding hydrogens is 691 g/mol. The number of carbonyl (C=O) groups is 2. The number of alkyl halides is 6. The minimum atomic E-state index is -5.07. The quantitative estimate of drug-likeness (QED) is 0.131. The molecule has 1 unspecified atom stereocenters. The lowest BCUT2D eigenvalue weighted by Gasteiger charge is -2.36. The van der Waals surface area contributed by atoms with Crippen LogP contribution in [0, 0.1) is 10.8 Å². The summed E-state index contributed by atoms with van der Waals surface area (Å²) in [6.07, 6.45) is -9.95. The van der Waals surface area contributed by atoms with Crippen molar-refractivity contribution >= 4 is 43.4 Å². The maximum absolute atomic E-state index is 14.8. The highest BCUT2D eigenvalue weighted by molar-refractivity contribution is 6.69. The van der Waals surface area contributed by atoms with Crippen molar-refractivity contribution in [3.63, 3.8) is 0 Å². The van der Waals surface area contributed by atoms with Crippen molar-refractivity contribution < 1.29 is 45.1 Å². The van der Waals surface area contributed by atoms with Gasteiger partial charge in [0.1, 0.15) is 0 Å². The Balaban J connectivity index is 1.75. The molecule has 2 aromatic rings. The fourth-order valence-electron chi connectivity index (χ4n) is 6.14. The van der Waals surface area contributed by atoms with E-state index in [2.05, 4.69) is 5.10 Å². The van der Waals surface area contributed by atoms with Crippen molar-refractivity contribution in [1.29, 1.82) is 0 Å². The number of hydrogen-bond donors (Lipinski definition) is 0. The van der Waals surface area contributed by atoms with Gasteiger partial charge in [0.2, 0.25) is 0 Å². The van der Waals surface area contributed by atoms with Crippen LogP contribution in [0.25, 0.3) is 0 Å². The maximum Gasteiger partial charge on any atom is 0.433 e. The molecule has 0 saturated heterocycles. The summed E-state index contributed by atoms with van der Waals surface area (Å²) in [6.45, 7) is 7.56. The number of ether oxygens (including phenoxy) is 1. The van der Waals surface area contributed by atoms with E-state index in [-0.39, 0.29) is 60.7 Å². The van der Waals surface area contributed by atoms with Crippen LogP contribution in [0.5, 0.6) is 0 Å². The second-order valence-electron chi connectivity index (χ2n) is 13.7. The number of nitrogens with zero attached hydrogens (tertiary/aromatic N) is 3. The first-order chi connectivity index (χ1) is 21.6. The van der Waals surface area contributed by atoms with Crippen LogP contribution in [0.1, 0.15) is 86.1 Å². The molecule has 0 aliphatic heterocycles. The monoisotopic (exact) mass is 729 g/mol. The molecule has 2 fully saturated rings. The van der Waals surface area contributed by atoms with Crippen molar-refractivity contribution in [1.82, 2.24) is 14.7 Å². The van der Waals surface area contributed by atoms with Crippen molar-refractivity contribution in [2.75, 3.05) is 19.7 Å². The zero-order chi connectivity index (χ0) is 35.2. The molecule has 262 valence electrons. The maximum atomic E-state index is 14.8. The Morgan fingerprint density at radius 3 is 2.11 bits per heavy atom. The predicted octanol–water partition coefficient (Wildman–Crippen LogP) is 9.27. The van der Waals surface area contributed by atoms with E-state index >= 15 is 0 Å². The van der Waals surface area contributed by atoms with Gasteiger partial charge in [-0.3, -0.25) is 14.3 Å². The Labute approximate surface area is 281 Å². The minimum absolute atomic E-state index is 0.140. The Morgan fingerprint density at radius 1 is 1.06 bits per heavy atom.